The number of nitrogens with zero attached hydrogens (tertiary/aromatic N) is 1. The van der Waals surface area contributed by atoms with Crippen LogP contribution in [0, 0.1) is 5.82 Å². The molecule has 1 aromatic carbocycles. The van der Waals surface area contributed by atoms with Crippen LogP contribution in [0.1, 0.15) is 19.4 Å². The Morgan fingerprint density at radius 3 is 2.80 bits per heavy atom. The molecule has 15 heavy (non-hydrogen) atoms. The van der Waals surface area contributed by atoms with Crippen molar-refractivity contribution >= 4 is 5.69 Å². The quantitative estimate of drug-likeness (QED) is 0.804. The minimum atomic E-state index is -0.404. The van der Waals surface area contributed by atoms with Gasteiger partial charge >= 0.3 is 0 Å². The average Bonchev–Trinajstić information content (AvgIpc) is 2.59. The Morgan fingerprint density at radius 1 is 1.40 bits per heavy atom. The third-order valence-corrected chi connectivity index (χ3v) is 3.17. The van der Waals surface area contributed by atoms with Crippen molar-refractivity contribution in [3.05, 3.63) is 29.6 Å². The lowest BCUT2D eigenvalue weighted by molar-refractivity contribution is 0.166. The Balaban J connectivity index is 2.31. The Labute approximate surface area is 89.3 Å². The smallest absolute Gasteiger partial charge is 0.125 e. The third kappa shape index (κ3) is 1.84. The molecule has 0 radical (unpaired) electrons. The molecule has 0 fully saturated rings. The Bertz CT molecular complexity index is 365. The number of fused-ring (bicyclic) bond motifs is 1. The van der Waals surface area contributed by atoms with Gasteiger partial charge in [0.1, 0.15) is 5.82 Å². The molecule has 0 saturated carbocycles. The predicted molar refractivity (Wildman–Crippen MR) is 58.6 cm³/mol. The van der Waals surface area contributed by atoms with Gasteiger partial charge in [-0.2, -0.15) is 0 Å². The van der Waals surface area contributed by atoms with Gasteiger partial charge in [-0.1, -0.05) is 6.07 Å². The largest absolute Gasteiger partial charge is 0.391 e. The number of benzene rings is 1. The normalized spacial score (nSPS) is 18.8. The van der Waals surface area contributed by atoms with Gasteiger partial charge in [0.15, 0.2) is 0 Å². The average molecular weight is 209 g/mol. The van der Waals surface area contributed by atoms with Gasteiger partial charge in [0, 0.05) is 12.2 Å². The van der Waals surface area contributed by atoms with Crippen molar-refractivity contribution in [2.24, 2.45) is 0 Å². The second kappa shape index (κ2) is 3.81. The van der Waals surface area contributed by atoms with Crippen LogP contribution in [0.5, 0.6) is 0 Å². The molecule has 2 nitrogen and oxygen atoms in total. The highest BCUT2D eigenvalue weighted by molar-refractivity contribution is 5.58. The van der Waals surface area contributed by atoms with E-state index in [-0.39, 0.29) is 11.9 Å². The Hall–Kier alpha value is -1.09. The summed E-state index contributed by atoms with van der Waals surface area (Å²) in [5, 5.41) is 9.54. The van der Waals surface area contributed by atoms with Gasteiger partial charge in [-0.15, -0.1) is 0 Å². The van der Waals surface area contributed by atoms with Crippen molar-refractivity contribution in [2.75, 3.05) is 11.4 Å². The van der Waals surface area contributed by atoms with Crippen LogP contribution in [0.25, 0.3) is 0 Å². The molecule has 2 unspecified atom stereocenters. The topological polar surface area (TPSA) is 23.5 Å². The van der Waals surface area contributed by atoms with E-state index in [1.807, 2.05) is 13.0 Å². The molecule has 0 bridgehead atoms. The van der Waals surface area contributed by atoms with Gasteiger partial charge < -0.3 is 10.0 Å². The number of rotatable bonds is 2. The van der Waals surface area contributed by atoms with E-state index in [1.165, 1.54) is 11.6 Å². The molecule has 1 N–H and O–H groups in total. The van der Waals surface area contributed by atoms with Gasteiger partial charge in [-0.25, -0.2) is 4.39 Å². The van der Waals surface area contributed by atoms with Crippen molar-refractivity contribution in [1.82, 2.24) is 0 Å². The summed E-state index contributed by atoms with van der Waals surface area (Å²) in [6, 6.07) is 4.92. The summed E-state index contributed by atoms with van der Waals surface area (Å²) in [6.45, 7) is 4.59. The number of aliphatic hydroxyl groups excluding tert-OH is 1. The first kappa shape index (κ1) is 10.4. The van der Waals surface area contributed by atoms with Crippen LogP contribution < -0.4 is 4.90 Å². The number of halogens is 1. The molecular weight excluding hydrogens is 193 g/mol. The summed E-state index contributed by atoms with van der Waals surface area (Å²) >= 11 is 0. The molecular formula is C12H16FNO. The standard InChI is InChI=1S/C12H16FNO/c1-8(9(2)15)14-6-5-10-3-4-11(13)7-12(10)14/h3-4,7-9,15H,5-6H2,1-2H3. The van der Waals surface area contributed by atoms with Crippen molar-refractivity contribution in [3.8, 4) is 0 Å². The first-order chi connectivity index (χ1) is 7.09. The molecule has 0 aromatic heterocycles. The third-order valence-electron chi connectivity index (χ3n) is 3.17. The lowest BCUT2D eigenvalue weighted by Crippen LogP contribution is -2.39. The fourth-order valence-corrected chi connectivity index (χ4v) is 2.06. The summed E-state index contributed by atoms with van der Waals surface area (Å²) in [5.41, 5.74) is 2.10. The summed E-state index contributed by atoms with van der Waals surface area (Å²) in [5.74, 6) is -0.210. The maximum Gasteiger partial charge on any atom is 0.125 e. The Kier molecular flexibility index (Phi) is 2.65. The molecule has 0 aliphatic carbocycles. The zero-order valence-electron chi connectivity index (χ0n) is 9.07. The van der Waals surface area contributed by atoms with E-state index in [9.17, 15) is 9.50 Å². The van der Waals surface area contributed by atoms with Crippen LogP contribution >= 0.6 is 0 Å². The molecule has 2 atom stereocenters. The lowest BCUT2D eigenvalue weighted by Gasteiger charge is -2.29. The van der Waals surface area contributed by atoms with Gasteiger partial charge in [0.2, 0.25) is 0 Å². The van der Waals surface area contributed by atoms with E-state index in [0.717, 1.165) is 18.7 Å². The molecule has 82 valence electrons. The molecule has 1 heterocycles. The zero-order valence-corrected chi connectivity index (χ0v) is 9.07. The van der Waals surface area contributed by atoms with E-state index in [2.05, 4.69) is 4.90 Å². The number of hydrogen-bond acceptors (Lipinski definition) is 2. The lowest BCUT2D eigenvalue weighted by atomic mass is 10.1. The number of anilines is 1. The fourth-order valence-electron chi connectivity index (χ4n) is 2.06. The molecule has 2 rings (SSSR count). The fraction of sp³-hybridized carbons (Fsp3) is 0.500. The minimum Gasteiger partial charge on any atom is -0.391 e. The van der Waals surface area contributed by atoms with Crippen molar-refractivity contribution in [1.29, 1.82) is 0 Å². The van der Waals surface area contributed by atoms with E-state index in [0.29, 0.717) is 0 Å². The maximum atomic E-state index is 13.1. The predicted octanol–water partition coefficient (Wildman–Crippen LogP) is 1.96. The van der Waals surface area contributed by atoms with Crippen molar-refractivity contribution < 1.29 is 9.50 Å². The van der Waals surface area contributed by atoms with Crippen LogP contribution in [0.4, 0.5) is 10.1 Å². The van der Waals surface area contributed by atoms with Crippen LogP contribution in [0.15, 0.2) is 18.2 Å². The highest BCUT2D eigenvalue weighted by atomic mass is 19.1. The molecule has 0 amide bonds. The first-order valence-corrected chi connectivity index (χ1v) is 5.32. The van der Waals surface area contributed by atoms with E-state index >= 15 is 0 Å². The number of aliphatic hydroxyl groups is 1. The Morgan fingerprint density at radius 2 is 2.13 bits per heavy atom. The highest BCUT2D eigenvalue weighted by Gasteiger charge is 2.26. The van der Waals surface area contributed by atoms with Crippen LogP contribution in [0.3, 0.4) is 0 Å². The molecule has 0 spiro atoms. The highest BCUT2D eigenvalue weighted by Crippen LogP contribution is 2.30. The second-order valence-corrected chi connectivity index (χ2v) is 4.20. The van der Waals surface area contributed by atoms with E-state index in [4.69, 9.17) is 0 Å². The first-order valence-electron chi connectivity index (χ1n) is 5.32. The van der Waals surface area contributed by atoms with E-state index in [1.54, 1.807) is 13.0 Å². The summed E-state index contributed by atoms with van der Waals surface area (Å²) in [6.07, 6.45) is 0.534. The molecule has 3 heteroatoms. The van der Waals surface area contributed by atoms with Crippen molar-refractivity contribution in [2.45, 2.75) is 32.4 Å². The van der Waals surface area contributed by atoms with Crippen LogP contribution in [0.2, 0.25) is 0 Å². The summed E-state index contributed by atoms with van der Waals surface area (Å²) in [4.78, 5) is 2.07. The second-order valence-electron chi connectivity index (χ2n) is 4.20. The van der Waals surface area contributed by atoms with E-state index < -0.39 is 6.10 Å². The molecule has 1 aromatic rings. The molecule has 0 saturated heterocycles. The number of hydrogen-bond donors (Lipinski definition) is 1. The SMILES string of the molecule is CC(O)C(C)N1CCc2ccc(F)cc21. The molecule has 1 aliphatic heterocycles. The van der Waals surface area contributed by atoms with Crippen molar-refractivity contribution in [3.63, 3.8) is 0 Å². The minimum absolute atomic E-state index is 0.0352. The molecule has 1 aliphatic rings. The maximum absolute atomic E-state index is 13.1. The van der Waals surface area contributed by atoms with Gasteiger partial charge in [-0.3, -0.25) is 0 Å². The van der Waals surface area contributed by atoms with Crippen LogP contribution in [-0.4, -0.2) is 23.8 Å². The monoisotopic (exact) mass is 209 g/mol. The summed E-state index contributed by atoms with van der Waals surface area (Å²) < 4.78 is 13.1. The van der Waals surface area contributed by atoms with Gasteiger partial charge in [-0.05, 0) is 38.0 Å². The van der Waals surface area contributed by atoms with Gasteiger partial charge in [0.05, 0.1) is 12.1 Å². The zero-order chi connectivity index (χ0) is 11.0. The van der Waals surface area contributed by atoms with Crippen LogP contribution in [-0.2, 0) is 6.42 Å². The summed E-state index contributed by atoms with van der Waals surface area (Å²) in [7, 11) is 0. The van der Waals surface area contributed by atoms with Gasteiger partial charge in [0.25, 0.3) is 0 Å².